The van der Waals surface area contributed by atoms with Crippen molar-refractivity contribution < 1.29 is 4.79 Å². The Balaban J connectivity index is 1.20. The molecule has 2 aromatic rings. The molecule has 1 aromatic carbocycles. The van der Waals surface area contributed by atoms with Crippen LogP contribution in [-0.4, -0.2) is 34.5 Å². The highest BCUT2D eigenvalue weighted by Crippen LogP contribution is 2.61. The summed E-state index contributed by atoms with van der Waals surface area (Å²) >= 11 is 0. The van der Waals surface area contributed by atoms with E-state index in [9.17, 15) is 9.59 Å². The zero-order chi connectivity index (χ0) is 22.6. The number of pyridine rings is 1. The van der Waals surface area contributed by atoms with Crippen molar-refractivity contribution in [3.05, 3.63) is 40.8 Å². The quantitative estimate of drug-likeness (QED) is 0.676. The van der Waals surface area contributed by atoms with Crippen LogP contribution in [0.2, 0.25) is 0 Å². The maximum absolute atomic E-state index is 13.3. The molecule has 176 valence electrons. The van der Waals surface area contributed by atoms with E-state index in [4.69, 9.17) is 0 Å². The van der Waals surface area contributed by atoms with E-state index in [0.29, 0.717) is 17.8 Å². The van der Waals surface area contributed by atoms with Gasteiger partial charge < -0.3 is 9.88 Å². The Kier molecular flexibility index (Phi) is 5.36. The summed E-state index contributed by atoms with van der Waals surface area (Å²) in [6.45, 7) is 5.10. The molecule has 5 heteroatoms. The summed E-state index contributed by atoms with van der Waals surface area (Å²) in [6.07, 6.45) is 12.8. The van der Waals surface area contributed by atoms with Crippen LogP contribution in [0.5, 0.6) is 0 Å². The van der Waals surface area contributed by atoms with Crippen molar-refractivity contribution in [3.8, 4) is 0 Å². The van der Waals surface area contributed by atoms with E-state index in [-0.39, 0.29) is 16.9 Å². The van der Waals surface area contributed by atoms with Crippen molar-refractivity contribution in [3.63, 3.8) is 0 Å². The van der Waals surface area contributed by atoms with Gasteiger partial charge in [0.25, 0.3) is 5.56 Å². The molecule has 7 rings (SSSR count). The highest BCUT2D eigenvalue weighted by atomic mass is 16.1. The normalized spacial score (nSPS) is 33.1. The summed E-state index contributed by atoms with van der Waals surface area (Å²) in [4.78, 5) is 28.9. The van der Waals surface area contributed by atoms with E-state index in [1.807, 2.05) is 35.0 Å². The standard InChI is InChI=1S/C28H37N3O2/c1-2-30-9-4-5-22(30)18-31-10-8-23-24(27(31)33)6-3-7-25(23)29-26(32)17-28-14-19-11-20(15-28)13-21(12-19)16-28/h3,6-8,10,19-22H,2,4-5,9,11-18H2,1H3,(H,29,32). The average molecular weight is 448 g/mol. The fourth-order valence-corrected chi connectivity index (χ4v) is 8.36. The number of anilines is 1. The second-order valence-corrected chi connectivity index (χ2v) is 11.6. The second kappa shape index (κ2) is 8.26. The molecule has 1 aliphatic heterocycles. The molecule has 1 N–H and O–H groups in total. The lowest BCUT2D eigenvalue weighted by Crippen LogP contribution is -2.47. The molecule has 1 aromatic heterocycles. The highest BCUT2D eigenvalue weighted by molar-refractivity contribution is 6.02. The lowest BCUT2D eigenvalue weighted by molar-refractivity contribution is -0.124. The lowest BCUT2D eigenvalue weighted by atomic mass is 9.49. The number of amides is 1. The Morgan fingerprint density at radius 1 is 1.06 bits per heavy atom. The average Bonchev–Trinajstić information content (AvgIpc) is 3.22. The number of nitrogens with zero attached hydrogens (tertiary/aromatic N) is 2. The molecule has 1 atom stereocenters. The minimum absolute atomic E-state index is 0.0487. The molecular weight excluding hydrogens is 410 g/mol. The van der Waals surface area contributed by atoms with Crippen LogP contribution < -0.4 is 10.9 Å². The van der Waals surface area contributed by atoms with E-state index >= 15 is 0 Å². The first-order valence-electron chi connectivity index (χ1n) is 13.2. The van der Waals surface area contributed by atoms with Crippen molar-refractivity contribution >= 4 is 22.4 Å². The number of carbonyl (C=O) groups excluding carboxylic acids is 1. The van der Waals surface area contributed by atoms with Gasteiger partial charge in [0, 0.05) is 41.7 Å². The van der Waals surface area contributed by atoms with Gasteiger partial charge >= 0.3 is 0 Å². The number of nitrogens with one attached hydrogen (secondary N) is 1. The Morgan fingerprint density at radius 3 is 2.48 bits per heavy atom. The highest BCUT2D eigenvalue weighted by Gasteiger charge is 2.51. The summed E-state index contributed by atoms with van der Waals surface area (Å²) < 4.78 is 1.86. The number of fused-ring (bicyclic) bond motifs is 1. The van der Waals surface area contributed by atoms with Gasteiger partial charge in [-0.05, 0) is 106 Å². The molecule has 0 spiro atoms. The van der Waals surface area contributed by atoms with E-state index in [0.717, 1.165) is 54.9 Å². The largest absolute Gasteiger partial charge is 0.325 e. The summed E-state index contributed by atoms with van der Waals surface area (Å²) in [7, 11) is 0. The molecule has 4 saturated carbocycles. The van der Waals surface area contributed by atoms with Gasteiger partial charge in [0.05, 0.1) is 0 Å². The van der Waals surface area contributed by atoms with Crippen LogP contribution in [0.3, 0.4) is 0 Å². The maximum Gasteiger partial charge on any atom is 0.258 e. The number of likely N-dealkylation sites (tertiary alicyclic amines) is 1. The van der Waals surface area contributed by atoms with Crippen LogP contribution in [0.4, 0.5) is 5.69 Å². The minimum Gasteiger partial charge on any atom is -0.325 e. The number of hydrogen-bond donors (Lipinski definition) is 1. The van der Waals surface area contributed by atoms with Gasteiger partial charge in [-0.3, -0.25) is 14.5 Å². The van der Waals surface area contributed by atoms with Crippen molar-refractivity contribution in [2.75, 3.05) is 18.4 Å². The maximum atomic E-state index is 13.3. The first-order chi connectivity index (χ1) is 16.0. The SMILES string of the molecule is CCN1CCCC1Cn1ccc2c(NC(=O)CC34CC5CC(CC(C5)C3)C4)cccc2c1=O. The zero-order valence-corrected chi connectivity index (χ0v) is 19.9. The van der Waals surface area contributed by atoms with Gasteiger partial charge in [-0.2, -0.15) is 0 Å². The Hall–Kier alpha value is -2.14. The fourth-order valence-electron chi connectivity index (χ4n) is 8.36. The van der Waals surface area contributed by atoms with Gasteiger partial charge in [-0.15, -0.1) is 0 Å². The van der Waals surface area contributed by atoms with Crippen molar-refractivity contribution in [2.24, 2.45) is 23.2 Å². The topological polar surface area (TPSA) is 54.3 Å². The van der Waals surface area contributed by atoms with Crippen molar-refractivity contribution in [1.29, 1.82) is 0 Å². The Labute approximate surface area is 196 Å². The zero-order valence-electron chi connectivity index (χ0n) is 19.9. The third kappa shape index (κ3) is 3.92. The predicted molar refractivity (Wildman–Crippen MR) is 132 cm³/mol. The third-order valence-electron chi connectivity index (χ3n) is 9.31. The van der Waals surface area contributed by atoms with Crippen LogP contribution >= 0.6 is 0 Å². The summed E-state index contributed by atoms with van der Waals surface area (Å²) in [5.41, 5.74) is 1.05. The molecule has 1 amide bonds. The molecule has 2 heterocycles. The number of aromatic nitrogens is 1. The molecule has 5 nitrogen and oxygen atoms in total. The van der Waals surface area contributed by atoms with Crippen LogP contribution in [0.15, 0.2) is 35.3 Å². The Morgan fingerprint density at radius 2 is 1.79 bits per heavy atom. The Bertz CT molecular complexity index is 1080. The second-order valence-electron chi connectivity index (χ2n) is 11.6. The van der Waals surface area contributed by atoms with Crippen molar-refractivity contribution in [2.45, 2.75) is 77.3 Å². The molecule has 1 saturated heterocycles. The van der Waals surface area contributed by atoms with Gasteiger partial charge in [0.1, 0.15) is 0 Å². The van der Waals surface area contributed by atoms with Crippen LogP contribution in [0, 0.1) is 23.2 Å². The van der Waals surface area contributed by atoms with Gasteiger partial charge in [0.2, 0.25) is 5.91 Å². The molecule has 4 aliphatic carbocycles. The summed E-state index contributed by atoms with van der Waals surface area (Å²) in [5, 5.41) is 4.76. The van der Waals surface area contributed by atoms with E-state index in [1.165, 1.54) is 44.9 Å². The van der Waals surface area contributed by atoms with Crippen LogP contribution in [0.1, 0.15) is 64.7 Å². The number of hydrogen-bond acceptors (Lipinski definition) is 3. The number of carbonyl (C=O) groups is 1. The first-order valence-corrected chi connectivity index (χ1v) is 13.2. The molecular formula is C28H37N3O2. The molecule has 4 bridgehead atoms. The van der Waals surface area contributed by atoms with Crippen molar-refractivity contribution in [1.82, 2.24) is 9.47 Å². The van der Waals surface area contributed by atoms with E-state index < -0.39 is 0 Å². The van der Waals surface area contributed by atoms with Gasteiger partial charge in [0.15, 0.2) is 0 Å². The minimum atomic E-state index is 0.0487. The molecule has 1 unspecified atom stereocenters. The van der Waals surface area contributed by atoms with Gasteiger partial charge in [-0.25, -0.2) is 0 Å². The van der Waals surface area contributed by atoms with Crippen LogP contribution in [0.25, 0.3) is 10.8 Å². The monoisotopic (exact) mass is 447 g/mol. The number of rotatable bonds is 6. The molecule has 0 radical (unpaired) electrons. The fraction of sp³-hybridized carbons (Fsp3) is 0.643. The summed E-state index contributed by atoms with van der Waals surface area (Å²) in [6, 6.07) is 8.20. The number of benzene rings is 1. The third-order valence-corrected chi connectivity index (χ3v) is 9.31. The first kappa shape index (κ1) is 21.4. The van der Waals surface area contributed by atoms with Gasteiger partial charge in [-0.1, -0.05) is 13.0 Å². The smallest absolute Gasteiger partial charge is 0.258 e. The summed E-state index contributed by atoms with van der Waals surface area (Å²) in [5.74, 6) is 2.67. The van der Waals surface area contributed by atoms with Crippen LogP contribution in [-0.2, 0) is 11.3 Å². The van der Waals surface area contributed by atoms with E-state index in [1.54, 1.807) is 0 Å². The number of likely N-dealkylation sites (N-methyl/N-ethyl adjacent to an activating group) is 1. The molecule has 5 aliphatic rings. The predicted octanol–water partition coefficient (Wildman–Crippen LogP) is 5.03. The van der Waals surface area contributed by atoms with E-state index in [2.05, 4.69) is 17.1 Å². The molecule has 33 heavy (non-hydrogen) atoms. The molecule has 5 fully saturated rings. The lowest BCUT2D eigenvalue weighted by Gasteiger charge is -2.56.